The second kappa shape index (κ2) is 5.80. The van der Waals surface area contributed by atoms with E-state index in [0.29, 0.717) is 0 Å². The molecule has 0 radical (unpaired) electrons. The van der Waals surface area contributed by atoms with E-state index in [-0.39, 0.29) is 17.9 Å². The third-order valence-corrected chi connectivity index (χ3v) is 4.99. The fourth-order valence-electron chi connectivity index (χ4n) is 3.88. The van der Waals surface area contributed by atoms with E-state index >= 15 is 0 Å². The molecule has 3 nitrogen and oxygen atoms in total. The number of β-lactam (4-membered cyclic amide) rings is 1. The van der Waals surface area contributed by atoms with Gasteiger partial charge in [0.2, 0.25) is 5.91 Å². The van der Waals surface area contributed by atoms with Crippen LogP contribution in [-0.2, 0) is 17.8 Å². The minimum absolute atomic E-state index is 0.114. The quantitative estimate of drug-likeness (QED) is 0.645. The first-order chi connectivity index (χ1) is 10.1. The number of benzene rings is 1. The molecule has 2 heterocycles. The molecule has 1 N–H and O–H groups in total. The van der Waals surface area contributed by atoms with Crippen LogP contribution in [-0.4, -0.2) is 22.0 Å². The van der Waals surface area contributed by atoms with E-state index in [0.717, 1.165) is 13.0 Å². The van der Waals surface area contributed by atoms with E-state index in [1.165, 1.54) is 42.4 Å². The Balaban J connectivity index is 1.81. The molecule has 3 atom stereocenters. The van der Waals surface area contributed by atoms with E-state index in [2.05, 4.69) is 25.1 Å². The highest BCUT2D eigenvalue weighted by Crippen LogP contribution is 2.50. The summed E-state index contributed by atoms with van der Waals surface area (Å²) in [6, 6.07) is 6.57. The van der Waals surface area contributed by atoms with E-state index in [1.807, 2.05) is 4.90 Å². The van der Waals surface area contributed by atoms with Crippen molar-refractivity contribution in [3.05, 3.63) is 34.9 Å². The van der Waals surface area contributed by atoms with Gasteiger partial charge < -0.3 is 10.0 Å². The Morgan fingerprint density at radius 2 is 2.14 bits per heavy atom. The van der Waals surface area contributed by atoms with Crippen molar-refractivity contribution in [3.8, 4) is 0 Å². The van der Waals surface area contributed by atoms with Gasteiger partial charge in [0.25, 0.3) is 0 Å². The maximum absolute atomic E-state index is 12.1. The maximum Gasteiger partial charge on any atom is 0.231 e. The maximum atomic E-state index is 12.1. The summed E-state index contributed by atoms with van der Waals surface area (Å²) in [5, 5.41) is 9.90. The zero-order valence-electron chi connectivity index (χ0n) is 13.0. The molecule has 2 aliphatic heterocycles. The summed E-state index contributed by atoms with van der Waals surface area (Å²) in [6.45, 7) is 4.69. The van der Waals surface area contributed by atoms with Gasteiger partial charge in [-0.05, 0) is 36.5 Å². The summed E-state index contributed by atoms with van der Waals surface area (Å²) in [6.07, 6.45) is 5.56. The largest absolute Gasteiger partial charge is 0.392 e. The van der Waals surface area contributed by atoms with Crippen LogP contribution in [0.2, 0.25) is 0 Å². The molecular weight excluding hydrogens is 262 g/mol. The standard InChI is InChI=1S/C18H25NO2/c1-3-4-5-6-8-13-9-7-10-14-11-19-17(16(13)14)15(12(2)20)18(19)21/h7,9-10,12,15,17,20H,3-6,8,11H2,1-2H3/t12-,15-,17+/m1/s1. The number of aliphatic hydroxyl groups excluding tert-OH is 1. The topological polar surface area (TPSA) is 40.5 Å². The van der Waals surface area contributed by atoms with Crippen LogP contribution < -0.4 is 0 Å². The SMILES string of the molecule is CCCCCCc1cccc2c1[C@@H]1[C@@H]([C@@H](C)O)C(=O)N1C2. The van der Waals surface area contributed by atoms with Crippen molar-refractivity contribution >= 4 is 5.91 Å². The van der Waals surface area contributed by atoms with Gasteiger partial charge in [0, 0.05) is 6.54 Å². The number of hydrogen-bond donors (Lipinski definition) is 1. The molecule has 1 saturated heterocycles. The van der Waals surface area contributed by atoms with Crippen molar-refractivity contribution in [2.24, 2.45) is 5.92 Å². The Bertz CT molecular complexity index is 538. The molecule has 1 aromatic carbocycles. The number of fused-ring (bicyclic) bond motifs is 3. The van der Waals surface area contributed by atoms with Crippen LogP contribution in [0.4, 0.5) is 0 Å². The van der Waals surface area contributed by atoms with Crippen LogP contribution in [0, 0.1) is 5.92 Å². The molecule has 0 aliphatic carbocycles. The predicted octanol–water partition coefficient (Wildman–Crippen LogP) is 3.20. The Morgan fingerprint density at radius 3 is 2.86 bits per heavy atom. The smallest absolute Gasteiger partial charge is 0.231 e. The Hall–Kier alpha value is -1.35. The third kappa shape index (κ3) is 2.38. The van der Waals surface area contributed by atoms with Crippen molar-refractivity contribution in [3.63, 3.8) is 0 Å². The number of aryl methyl sites for hydroxylation is 1. The zero-order chi connectivity index (χ0) is 15.0. The van der Waals surface area contributed by atoms with Gasteiger partial charge in [-0.15, -0.1) is 0 Å². The average Bonchev–Trinajstić information content (AvgIpc) is 2.79. The van der Waals surface area contributed by atoms with Gasteiger partial charge in [0.15, 0.2) is 0 Å². The highest BCUT2D eigenvalue weighted by Gasteiger charge is 2.54. The van der Waals surface area contributed by atoms with Gasteiger partial charge in [-0.3, -0.25) is 4.79 Å². The molecule has 1 amide bonds. The van der Waals surface area contributed by atoms with E-state index in [9.17, 15) is 9.90 Å². The summed E-state index contributed by atoms with van der Waals surface area (Å²) in [5.41, 5.74) is 4.00. The average molecular weight is 287 g/mol. The number of rotatable bonds is 6. The summed E-state index contributed by atoms with van der Waals surface area (Å²) in [5.74, 6) is -0.119. The molecule has 1 aromatic rings. The molecule has 0 aromatic heterocycles. The number of unbranched alkanes of at least 4 members (excludes halogenated alkanes) is 3. The van der Waals surface area contributed by atoms with Crippen LogP contribution >= 0.6 is 0 Å². The summed E-state index contributed by atoms with van der Waals surface area (Å²) in [7, 11) is 0. The fourth-order valence-corrected chi connectivity index (χ4v) is 3.88. The second-order valence-electron chi connectivity index (χ2n) is 6.48. The number of aliphatic hydroxyl groups is 1. The second-order valence-corrected chi connectivity index (χ2v) is 6.48. The van der Waals surface area contributed by atoms with Gasteiger partial charge in [0.1, 0.15) is 0 Å². The summed E-state index contributed by atoms with van der Waals surface area (Å²) in [4.78, 5) is 14.1. The van der Waals surface area contributed by atoms with Gasteiger partial charge in [0.05, 0.1) is 18.1 Å². The number of hydrogen-bond acceptors (Lipinski definition) is 2. The number of amides is 1. The first kappa shape index (κ1) is 14.6. The number of nitrogens with zero attached hydrogens (tertiary/aromatic N) is 1. The highest BCUT2D eigenvalue weighted by molar-refractivity contribution is 5.88. The lowest BCUT2D eigenvalue weighted by molar-refractivity contribution is -0.163. The van der Waals surface area contributed by atoms with Crippen molar-refractivity contribution in [2.45, 2.75) is 64.6 Å². The zero-order valence-corrected chi connectivity index (χ0v) is 13.0. The van der Waals surface area contributed by atoms with Crippen molar-refractivity contribution < 1.29 is 9.90 Å². The molecule has 114 valence electrons. The fraction of sp³-hybridized carbons (Fsp3) is 0.611. The van der Waals surface area contributed by atoms with E-state index < -0.39 is 6.10 Å². The first-order valence-corrected chi connectivity index (χ1v) is 8.24. The third-order valence-electron chi connectivity index (χ3n) is 4.99. The molecule has 2 aliphatic rings. The van der Waals surface area contributed by atoms with Crippen LogP contribution in [0.3, 0.4) is 0 Å². The molecular formula is C18H25NO2. The van der Waals surface area contributed by atoms with Crippen LogP contribution in [0.15, 0.2) is 18.2 Å². The molecule has 1 fully saturated rings. The van der Waals surface area contributed by atoms with Gasteiger partial charge in [-0.1, -0.05) is 44.4 Å². The van der Waals surface area contributed by atoms with E-state index in [4.69, 9.17) is 0 Å². The number of carbonyl (C=O) groups is 1. The van der Waals surface area contributed by atoms with Gasteiger partial charge in [-0.2, -0.15) is 0 Å². The summed E-state index contributed by atoms with van der Waals surface area (Å²) >= 11 is 0. The van der Waals surface area contributed by atoms with E-state index in [1.54, 1.807) is 6.92 Å². The molecule has 0 spiro atoms. The first-order valence-electron chi connectivity index (χ1n) is 8.24. The highest BCUT2D eigenvalue weighted by atomic mass is 16.3. The Labute approximate surface area is 127 Å². The monoisotopic (exact) mass is 287 g/mol. The molecule has 3 rings (SSSR count). The number of carbonyl (C=O) groups excluding carboxylic acids is 1. The van der Waals surface area contributed by atoms with Crippen LogP contribution in [0.5, 0.6) is 0 Å². The normalized spacial score (nSPS) is 24.5. The van der Waals surface area contributed by atoms with Crippen molar-refractivity contribution in [2.75, 3.05) is 0 Å². The van der Waals surface area contributed by atoms with Gasteiger partial charge in [-0.25, -0.2) is 0 Å². The minimum Gasteiger partial charge on any atom is -0.392 e. The lowest BCUT2D eigenvalue weighted by Gasteiger charge is -2.44. The molecule has 21 heavy (non-hydrogen) atoms. The van der Waals surface area contributed by atoms with Crippen molar-refractivity contribution in [1.29, 1.82) is 0 Å². The lowest BCUT2D eigenvalue weighted by Crippen LogP contribution is -2.55. The Morgan fingerprint density at radius 1 is 1.33 bits per heavy atom. The lowest BCUT2D eigenvalue weighted by atomic mass is 9.79. The Kier molecular flexibility index (Phi) is 4.03. The summed E-state index contributed by atoms with van der Waals surface area (Å²) < 4.78 is 0. The van der Waals surface area contributed by atoms with Crippen LogP contribution in [0.1, 0.15) is 62.3 Å². The van der Waals surface area contributed by atoms with Gasteiger partial charge >= 0.3 is 0 Å². The molecule has 0 bridgehead atoms. The molecule has 0 saturated carbocycles. The van der Waals surface area contributed by atoms with Crippen LogP contribution in [0.25, 0.3) is 0 Å². The van der Waals surface area contributed by atoms with Crippen molar-refractivity contribution in [1.82, 2.24) is 4.90 Å². The minimum atomic E-state index is -0.558. The molecule has 0 unspecified atom stereocenters. The predicted molar refractivity (Wildman–Crippen MR) is 82.7 cm³/mol. The molecule has 3 heteroatoms.